The van der Waals surface area contributed by atoms with Crippen LogP contribution in [-0.2, 0) is 4.74 Å². The highest BCUT2D eigenvalue weighted by Crippen LogP contribution is 2.33. The van der Waals surface area contributed by atoms with Gasteiger partial charge in [-0.3, -0.25) is 0 Å². The van der Waals surface area contributed by atoms with Crippen molar-refractivity contribution in [3.8, 4) is 5.75 Å². The second kappa shape index (κ2) is 8.17. The van der Waals surface area contributed by atoms with Crippen LogP contribution in [0.5, 0.6) is 5.75 Å². The molecule has 0 bridgehead atoms. The van der Waals surface area contributed by atoms with Gasteiger partial charge in [0.25, 0.3) is 0 Å². The Morgan fingerprint density at radius 3 is 2.88 bits per heavy atom. The van der Waals surface area contributed by atoms with Crippen molar-refractivity contribution in [1.29, 1.82) is 0 Å². The van der Waals surface area contributed by atoms with E-state index in [-0.39, 0.29) is 6.10 Å². The molecule has 1 aliphatic rings. The molecule has 1 aromatic heterocycles. The lowest BCUT2D eigenvalue weighted by Gasteiger charge is -2.25. The predicted octanol–water partition coefficient (Wildman–Crippen LogP) is 4.08. The van der Waals surface area contributed by atoms with E-state index < -0.39 is 0 Å². The molecule has 0 radical (unpaired) electrons. The lowest BCUT2D eigenvalue weighted by Crippen LogP contribution is -2.26. The zero-order chi connectivity index (χ0) is 16.9. The molecule has 6 nitrogen and oxygen atoms in total. The van der Waals surface area contributed by atoms with Crippen LogP contribution in [0.4, 0.5) is 17.5 Å². The summed E-state index contributed by atoms with van der Waals surface area (Å²) in [5.74, 6) is 1.82. The Morgan fingerprint density at radius 1 is 1.33 bits per heavy atom. The quantitative estimate of drug-likeness (QED) is 0.656. The van der Waals surface area contributed by atoms with Gasteiger partial charge in [-0.2, -0.15) is 4.98 Å². The van der Waals surface area contributed by atoms with Crippen LogP contribution >= 0.6 is 34.2 Å². The van der Waals surface area contributed by atoms with E-state index in [0.717, 1.165) is 41.1 Å². The fourth-order valence-electron chi connectivity index (χ4n) is 2.38. The van der Waals surface area contributed by atoms with Gasteiger partial charge in [0.15, 0.2) is 5.82 Å². The van der Waals surface area contributed by atoms with E-state index in [1.165, 1.54) is 0 Å². The van der Waals surface area contributed by atoms with Gasteiger partial charge >= 0.3 is 0 Å². The van der Waals surface area contributed by atoms with Crippen molar-refractivity contribution in [1.82, 2.24) is 9.97 Å². The molecule has 2 aromatic rings. The second-order valence-electron chi connectivity index (χ2n) is 5.34. The number of ether oxygens (including phenoxy) is 2. The highest BCUT2D eigenvalue weighted by molar-refractivity contribution is 14.1. The molecule has 8 heteroatoms. The monoisotopic (exact) mass is 460 g/mol. The molecule has 3 rings (SSSR count). The van der Waals surface area contributed by atoms with Gasteiger partial charge in [0, 0.05) is 23.5 Å². The molecule has 0 aliphatic carbocycles. The van der Waals surface area contributed by atoms with E-state index in [1.807, 2.05) is 18.2 Å². The summed E-state index contributed by atoms with van der Waals surface area (Å²) in [6.45, 7) is 1.47. The number of aromatic nitrogens is 2. The van der Waals surface area contributed by atoms with E-state index in [1.54, 1.807) is 13.2 Å². The number of halogens is 2. The third-order valence-electron chi connectivity index (χ3n) is 3.62. The molecule has 0 atom stereocenters. The van der Waals surface area contributed by atoms with Gasteiger partial charge in [0.2, 0.25) is 5.95 Å². The number of rotatable bonds is 5. The van der Waals surface area contributed by atoms with Gasteiger partial charge in [0.05, 0.1) is 25.1 Å². The van der Waals surface area contributed by atoms with Crippen molar-refractivity contribution < 1.29 is 9.47 Å². The Bertz CT molecular complexity index is 710. The molecule has 128 valence electrons. The normalized spacial score (nSPS) is 15.1. The molecule has 2 heterocycles. The van der Waals surface area contributed by atoms with Crippen LogP contribution < -0.4 is 15.4 Å². The highest BCUT2D eigenvalue weighted by Gasteiger charge is 2.18. The highest BCUT2D eigenvalue weighted by atomic mass is 127. The smallest absolute Gasteiger partial charge is 0.224 e. The summed E-state index contributed by atoms with van der Waals surface area (Å²) in [4.78, 5) is 8.45. The Balaban J connectivity index is 1.85. The molecule has 0 amide bonds. The average molecular weight is 461 g/mol. The summed E-state index contributed by atoms with van der Waals surface area (Å²) in [5, 5.41) is 6.62. The minimum atomic E-state index is 0.160. The first-order valence-corrected chi connectivity index (χ1v) is 9.12. The minimum Gasteiger partial charge on any atom is -0.488 e. The Morgan fingerprint density at radius 2 is 2.12 bits per heavy atom. The van der Waals surface area contributed by atoms with Crippen molar-refractivity contribution in [2.24, 2.45) is 0 Å². The third kappa shape index (κ3) is 4.40. The van der Waals surface area contributed by atoms with E-state index in [4.69, 9.17) is 21.1 Å². The van der Waals surface area contributed by atoms with Crippen LogP contribution in [-0.4, -0.2) is 36.3 Å². The summed E-state index contributed by atoms with van der Waals surface area (Å²) in [7, 11) is 1.76. The third-order valence-corrected chi connectivity index (χ3v) is 4.57. The van der Waals surface area contributed by atoms with Crippen molar-refractivity contribution in [3.05, 3.63) is 33.0 Å². The summed E-state index contributed by atoms with van der Waals surface area (Å²) < 4.78 is 12.6. The molecular weight excluding hydrogens is 443 g/mol. The van der Waals surface area contributed by atoms with Crippen molar-refractivity contribution in [3.63, 3.8) is 0 Å². The molecule has 0 spiro atoms. The number of hydrogen-bond donors (Lipinski definition) is 2. The average Bonchev–Trinajstić information content (AvgIpc) is 2.60. The van der Waals surface area contributed by atoms with Crippen LogP contribution in [0.1, 0.15) is 12.8 Å². The summed E-state index contributed by atoms with van der Waals surface area (Å²) >= 11 is 8.48. The first-order chi connectivity index (χ1) is 11.7. The van der Waals surface area contributed by atoms with E-state index in [9.17, 15) is 0 Å². The molecule has 0 saturated carbocycles. The Hall–Kier alpha value is -1.32. The maximum absolute atomic E-state index is 6.21. The summed E-state index contributed by atoms with van der Waals surface area (Å²) in [6, 6.07) is 5.99. The van der Waals surface area contributed by atoms with Gasteiger partial charge in [-0.25, -0.2) is 4.98 Å². The van der Waals surface area contributed by atoms with Crippen LogP contribution in [0, 0.1) is 3.57 Å². The van der Waals surface area contributed by atoms with Crippen LogP contribution in [0.15, 0.2) is 24.4 Å². The number of benzene rings is 1. The molecule has 1 aromatic carbocycles. The zero-order valence-electron chi connectivity index (χ0n) is 13.2. The zero-order valence-corrected chi connectivity index (χ0v) is 16.1. The Labute approximate surface area is 159 Å². The van der Waals surface area contributed by atoms with Crippen molar-refractivity contribution in [2.75, 3.05) is 30.9 Å². The second-order valence-corrected chi connectivity index (χ2v) is 6.99. The first kappa shape index (κ1) is 17.5. The van der Waals surface area contributed by atoms with Gasteiger partial charge in [-0.15, -0.1) is 0 Å². The van der Waals surface area contributed by atoms with Crippen molar-refractivity contribution in [2.45, 2.75) is 18.9 Å². The van der Waals surface area contributed by atoms with E-state index in [2.05, 4.69) is 43.2 Å². The largest absolute Gasteiger partial charge is 0.488 e. The lowest BCUT2D eigenvalue weighted by molar-refractivity contribution is 0.0258. The van der Waals surface area contributed by atoms with Gasteiger partial charge in [-0.05, 0) is 40.8 Å². The SMILES string of the molecule is CNc1ncc(Cl)c(Nc2cc(I)ccc2OC2CCOCC2)n1. The lowest BCUT2D eigenvalue weighted by atomic mass is 10.1. The number of anilines is 3. The molecular formula is C16H18ClIN4O2. The predicted molar refractivity (Wildman–Crippen MR) is 103 cm³/mol. The minimum absolute atomic E-state index is 0.160. The standard InChI is InChI=1S/C16H18ClIN4O2/c1-19-16-20-9-12(17)15(22-16)21-13-8-10(18)2-3-14(13)24-11-4-6-23-7-5-11/h2-3,8-9,11H,4-7H2,1H3,(H2,19,20,21,22). The van der Waals surface area contributed by atoms with Crippen LogP contribution in [0.25, 0.3) is 0 Å². The first-order valence-electron chi connectivity index (χ1n) is 7.67. The van der Waals surface area contributed by atoms with Crippen molar-refractivity contribution >= 4 is 51.6 Å². The Kier molecular flexibility index (Phi) is 5.96. The topological polar surface area (TPSA) is 68.3 Å². The van der Waals surface area contributed by atoms with Crippen LogP contribution in [0.2, 0.25) is 5.02 Å². The van der Waals surface area contributed by atoms with Gasteiger partial charge in [-0.1, -0.05) is 11.6 Å². The van der Waals surface area contributed by atoms with E-state index in [0.29, 0.717) is 16.8 Å². The molecule has 1 aliphatic heterocycles. The molecule has 1 saturated heterocycles. The van der Waals surface area contributed by atoms with Gasteiger partial charge < -0.3 is 20.1 Å². The van der Waals surface area contributed by atoms with Gasteiger partial charge in [0.1, 0.15) is 16.9 Å². The number of nitrogens with one attached hydrogen (secondary N) is 2. The number of hydrogen-bond acceptors (Lipinski definition) is 6. The summed E-state index contributed by atoms with van der Waals surface area (Å²) in [6.07, 6.45) is 3.51. The number of nitrogens with zero attached hydrogens (tertiary/aromatic N) is 2. The summed E-state index contributed by atoms with van der Waals surface area (Å²) in [5.41, 5.74) is 0.830. The fraction of sp³-hybridized carbons (Fsp3) is 0.375. The molecule has 0 unspecified atom stereocenters. The molecule has 24 heavy (non-hydrogen) atoms. The van der Waals surface area contributed by atoms with E-state index >= 15 is 0 Å². The maximum atomic E-state index is 6.21. The maximum Gasteiger partial charge on any atom is 0.224 e. The molecule has 1 fully saturated rings. The fourth-order valence-corrected chi connectivity index (χ4v) is 3.01. The molecule has 2 N–H and O–H groups in total. The van der Waals surface area contributed by atoms with Crippen LogP contribution in [0.3, 0.4) is 0 Å².